The zero-order chi connectivity index (χ0) is 22.5. The molecule has 1 aromatic rings. The summed E-state index contributed by atoms with van der Waals surface area (Å²) in [5.41, 5.74) is 2.26. The van der Waals surface area contributed by atoms with Gasteiger partial charge >= 0.3 is 0 Å². The first-order valence-electron chi connectivity index (χ1n) is 11.9. The molecule has 5 rings (SSSR count). The fourth-order valence-electron chi connectivity index (χ4n) is 6.45. The lowest BCUT2D eigenvalue weighted by Gasteiger charge is -2.52. The molecule has 7 heteroatoms. The molecule has 2 saturated carbocycles. The van der Waals surface area contributed by atoms with E-state index in [0.717, 1.165) is 23.3 Å². The van der Waals surface area contributed by atoms with Crippen LogP contribution in [-0.4, -0.2) is 47.7 Å². The third-order valence-corrected chi connectivity index (χ3v) is 8.27. The van der Waals surface area contributed by atoms with Crippen LogP contribution in [0.25, 0.3) is 0 Å². The maximum atomic E-state index is 13.2. The SMILES string of the molecule is CNC1CCC2(CC1)CC(CCc1cccc3c1C(=O)N(C1CCC(=O)NC1=O)C3=O)C2. The van der Waals surface area contributed by atoms with Crippen LogP contribution in [0.4, 0.5) is 0 Å². The van der Waals surface area contributed by atoms with Gasteiger partial charge in [0.2, 0.25) is 11.8 Å². The summed E-state index contributed by atoms with van der Waals surface area (Å²) in [6.07, 6.45) is 9.80. The van der Waals surface area contributed by atoms with Crippen LogP contribution in [0.2, 0.25) is 0 Å². The van der Waals surface area contributed by atoms with E-state index in [1.165, 1.54) is 38.5 Å². The summed E-state index contributed by atoms with van der Waals surface area (Å²) in [5, 5.41) is 5.66. The fraction of sp³-hybridized carbons (Fsp3) is 0.600. The summed E-state index contributed by atoms with van der Waals surface area (Å²) in [6, 6.07) is 5.19. The number of imide groups is 2. The lowest BCUT2D eigenvalue weighted by molar-refractivity contribution is -0.136. The highest BCUT2D eigenvalue weighted by Crippen LogP contribution is 2.56. The molecule has 1 atom stereocenters. The van der Waals surface area contributed by atoms with Gasteiger partial charge in [-0.05, 0) is 87.8 Å². The molecule has 3 fully saturated rings. The molecule has 0 aromatic heterocycles. The second kappa shape index (κ2) is 8.10. The maximum absolute atomic E-state index is 13.2. The van der Waals surface area contributed by atoms with Crippen molar-refractivity contribution in [3.63, 3.8) is 0 Å². The van der Waals surface area contributed by atoms with Crippen molar-refractivity contribution < 1.29 is 19.2 Å². The Morgan fingerprint density at radius 1 is 1.06 bits per heavy atom. The van der Waals surface area contributed by atoms with Gasteiger partial charge in [0.25, 0.3) is 11.8 Å². The summed E-state index contributed by atoms with van der Waals surface area (Å²) in [5.74, 6) is -1.07. The first-order valence-corrected chi connectivity index (χ1v) is 11.9. The molecule has 2 N–H and O–H groups in total. The van der Waals surface area contributed by atoms with Crippen molar-refractivity contribution in [2.24, 2.45) is 11.3 Å². The number of carbonyl (C=O) groups is 4. The largest absolute Gasteiger partial charge is 0.317 e. The number of hydrogen-bond donors (Lipinski definition) is 2. The molecule has 1 saturated heterocycles. The Kier molecular flexibility index (Phi) is 5.40. The van der Waals surface area contributed by atoms with Gasteiger partial charge in [0.1, 0.15) is 6.04 Å². The molecule has 1 spiro atoms. The van der Waals surface area contributed by atoms with E-state index in [2.05, 4.69) is 17.7 Å². The van der Waals surface area contributed by atoms with E-state index >= 15 is 0 Å². The van der Waals surface area contributed by atoms with Crippen molar-refractivity contribution in [1.82, 2.24) is 15.5 Å². The van der Waals surface area contributed by atoms with Crippen LogP contribution in [0.1, 0.15) is 84.1 Å². The molecule has 2 aliphatic carbocycles. The van der Waals surface area contributed by atoms with Crippen LogP contribution in [-0.2, 0) is 16.0 Å². The van der Waals surface area contributed by atoms with E-state index in [9.17, 15) is 19.2 Å². The highest BCUT2D eigenvalue weighted by Gasteiger charge is 2.47. The molecule has 2 aliphatic heterocycles. The molecule has 1 aromatic carbocycles. The van der Waals surface area contributed by atoms with Gasteiger partial charge in [-0.25, -0.2) is 0 Å². The number of fused-ring (bicyclic) bond motifs is 1. The molecule has 170 valence electrons. The molecule has 1 unspecified atom stereocenters. The summed E-state index contributed by atoms with van der Waals surface area (Å²) >= 11 is 0. The summed E-state index contributed by atoms with van der Waals surface area (Å²) in [6.45, 7) is 0. The molecule has 2 heterocycles. The van der Waals surface area contributed by atoms with E-state index in [4.69, 9.17) is 0 Å². The molecule has 7 nitrogen and oxygen atoms in total. The van der Waals surface area contributed by atoms with Gasteiger partial charge < -0.3 is 5.32 Å². The van der Waals surface area contributed by atoms with Crippen molar-refractivity contribution in [2.45, 2.75) is 76.3 Å². The zero-order valence-corrected chi connectivity index (χ0v) is 18.6. The van der Waals surface area contributed by atoms with Crippen LogP contribution < -0.4 is 10.6 Å². The highest BCUT2D eigenvalue weighted by molar-refractivity contribution is 6.24. The second-order valence-electron chi connectivity index (χ2n) is 10.2. The van der Waals surface area contributed by atoms with Gasteiger partial charge in [0.15, 0.2) is 0 Å². The van der Waals surface area contributed by atoms with E-state index in [1.807, 2.05) is 12.1 Å². The van der Waals surface area contributed by atoms with Crippen molar-refractivity contribution >= 4 is 23.6 Å². The van der Waals surface area contributed by atoms with Crippen molar-refractivity contribution in [3.05, 3.63) is 34.9 Å². The Morgan fingerprint density at radius 2 is 1.81 bits per heavy atom. The number of amides is 4. The third kappa shape index (κ3) is 3.56. The van der Waals surface area contributed by atoms with Gasteiger partial charge in [0.05, 0.1) is 11.1 Å². The number of benzene rings is 1. The Bertz CT molecular complexity index is 971. The summed E-state index contributed by atoms with van der Waals surface area (Å²) < 4.78 is 0. The minimum absolute atomic E-state index is 0.134. The molecule has 0 bridgehead atoms. The Hall–Kier alpha value is -2.54. The van der Waals surface area contributed by atoms with Crippen LogP contribution in [0.15, 0.2) is 18.2 Å². The number of aryl methyl sites for hydroxylation is 1. The molecular weight excluding hydrogens is 406 g/mol. The average Bonchev–Trinajstić information content (AvgIpc) is 3.02. The minimum Gasteiger partial charge on any atom is -0.317 e. The van der Waals surface area contributed by atoms with Crippen molar-refractivity contribution in [2.75, 3.05) is 7.05 Å². The second-order valence-corrected chi connectivity index (χ2v) is 10.2. The van der Waals surface area contributed by atoms with E-state index in [0.29, 0.717) is 28.5 Å². The first kappa shape index (κ1) is 21.3. The van der Waals surface area contributed by atoms with Gasteiger partial charge in [-0.3, -0.25) is 29.4 Å². The number of rotatable bonds is 5. The lowest BCUT2D eigenvalue weighted by atomic mass is 9.54. The zero-order valence-electron chi connectivity index (χ0n) is 18.6. The van der Waals surface area contributed by atoms with Crippen LogP contribution in [0.5, 0.6) is 0 Å². The average molecular weight is 438 g/mol. The number of hydrogen-bond acceptors (Lipinski definition) is 5. The number of carbonyl (C=O) groups excluding carboxylic acids is 4. The lowest BCUT2D eigenvalue weighted by Crippen LogP contribution is -2.54. The predicted molar refractivity (Wildman–Crippen MR) is 118 cm³/mol. The monoisotopic (exact) mass is 437 g/mol. The maximum Gasteiger partial charge on any atom is 0.262 e. The molecular formula is C25H31N3O4. The van der Waals surface area contributed by atoms with Crippen LogP contribution >= 0.6 is 0 Å². The number of piperidine rings is 1. The van der Waals surface area contributed by atoms with Gasteiger partial charge in [0, 0.05) is 12.5 Å². The van der Waals surface area contributed by atoms with Crippen LogP contribution in [0, 0.1) is 11.3 Å². The third-order valence-electron chi connectivity index (χ3n) is 8.27. The Balaban J connectivity index is 1.24. The van der Waals surface area contributed by atoms with Gasteiger partial charge in [-0.2, -0.15) is 0 Å². The first-order chi connectivity index (χ1) is 15.4. The van der Waals surface area contributed by atoms with Crippen molar-refractivity contribution in [3.8, 4) is 0 Å². The normalized spacial score (nSPS) is 32.2. The quantitative estimate of drug-likeness (QED) is 0.691. The number of nitrogens with one attached hydrogen (secondary N) is 2. The van der Waals surface area contributed by atoms with Crippen LogP contribution in [0.3, 0.4) is 0 Å². The molecule has 4 amide bonds. The Morgan fingerprint density at radius 3 is 2.50 bits per heavy atom. The van der Waals surface area contributed by atoms with Gasteiger partial charge in [-0.1, -0.05) is 12.1 Å². The predicted octanol–water partition coefficient (Wildman–Crippen LogP) is 2.58. The topological polar surface area (TPSA) is 95.6 Å². The standard InChI is InChI=1S/C25H31N3O4/c1-26-17-9-11-25(12-10-17)13-15(14-25)5-6-16-3-2-4-18-21(16)24(32)28(23(18)31)19-7-8-20(29)27-22(19)30/h2-4,15,17,19,26H,5-14H2,1H3,(H,27,29,30). The smallest absolute Gasteiger partial charge is 0.262 e. The Labute approximate surface area is 188 Å². The molecule has 32 heavy (non-hydrogen) atoms. The summed E-state index contributed by atoms with van der Waals surface area (Å²) in [4.78, 5) is 51.0. The van der Waals surface area contributed by atoms with Gasteiger partial charge in [-0.15, -0.1) is 0 Å². The van der Waals surface area contributed by atoms with E-state index < -0.39 is 23.8 Å². The number of nitrogens with zero attached hydrogens (tertiary/aromatic N) is 1. The molecule has 0 radical (unpaired) electrons. The highest BCUT2D eigenvalue weighted by atomic mass is 16.2. The molecule has 4 aliphatic rings. The fourth-order valence-corrected chi connectivity index (χ4v) is 6.45. The minimum atomic E-state index is -0.910. The van der Waals surface area contributed by atoms with E-state index in [-0.39, 0.29) is 18.7 Å². The van der Waals surface area contributed by atoms with Crippen molar-refractivity contribution in [1.29, 1.82) is 0 Å². The van der Waals surface area contributed by atoms with E-state index in [1.54, 1.807) is 6.07 Å². The summed E-state index contributed by atoms with van der Waals surface area (Å²) in [7, 11) is 2.05.